The molecule has 20 heavy (non-hydrogen) atoms. The number of carbonyl (C=O) groups excluding carboxylic acids is 1. The van der Waals surface area contributed by atoms with E-state index >= 15 is 0 Å². The van der Waals surface area contributed by atoms with Crippen molar-refractivity contribution < 1.29 is 4.79 Å². The van der Waals surface area contributed by atoms with Crippen LogP contribution < -0.4 is 10.6 Å². The minimum atomic E-state index is -0.0839. The molecule has 104 valence electrons. The number of hydrogen-bond acceptors (Lipinski definition) is 2. The lowest BCUT2D eigenvalue weighted by molar-refractivity contribution is 0.0963. The first kappa shape index (κ1) is 14.4. The average Bonchev–Trinajstić information content (AvgIpc) is 2.47. The monoisotopic (exact) mass is 288 g/mol. The first-order valence-corrected chi connectivity index (χ1v) is 6.82. The third-order valence-corrected chi connectivity index (χ3v) is 3.34. The molecule has 1 amide bonds. The molecule has 0 aliphatic heterocycles. The first-order valence-electron chi connectivity index (χ1n) is 6.44. The summed E-state index contributed by atoms with van der Waals surface area (Å²) in [6, 6.07) is 15.3. The van der Waals surface area contributed by atoms with Crippen molar-refractivity contribution in [2.24, 2.45) is 0 Å². The lowest BCUT2D eigenvalue weighted by atomic mass is 10.1. The molecule has 2 aromatic carbocycles. The van der Waals surface area contributed by atoms with Crippen LogP contribution in [0.2, 0.25) is 5.02 Å². The van der Waals surface area contributed by atoms with E-state index in [4.69, 9.17) is 11.6 Å². The summed E-state index contributed by atoms with van der Waals surface area (Å²) in [6.07, 6.45) is 0. The molecule has 3 nitrogen and oxygen atoms in total. The van der Waals surface area contributed by atoms with Gasteiger partial charge in [0.2, 0.25) is 0 Å². The number of halogens is 1. The van der Waals surface area contributed by atoms with Gasteiger partial charge in [-0.2, -0.15) is 0 Å². The largest absolute Gasteiger partial charge is 0.379 e. The summed E-state index contributed by atoms with van der Waals surface area (Å²) in [5.41, 5.74) is 2.73. The van der Waals surface area contributed by atoms with Crippen molar-refractivity contribution in [1.82, 2.24) is 5.32 Å². The second-order valence-electron chi connectivity index (χ2n) is 4.58. The Balaban J connectivity index is 2.08. The third kappa shape index (κ3) is 3.52. The lowest BCUT2D eigenvalue weighted by Crippen LogP contribution is -2.17. The number of anilines is 1. The van der Waals surface area contributed by atoms with Gasteiger partial charge in [-0.1, -0.05) is 23.7 Å². The molecule has 0 spiro atoms. The van der Waals surface area contributed by atoms with E-state index in [2.05, 4.69) is 17.6 Å². The summed E-state index contributed by atoms with van der Waals surface area (Å²) in [5.74, 6) is -0.0839. The molecule has 0 heterocycles. The van der Waals surface area contributed by atoms with E-state index < -0.39 is 0 Å². The van der Waals surface area contributed by atoms with Crippen molar-refractivity contribution in [3.8, 4) is 0 Å². The SMILES string of the molecule is CNC(=O)c1ccc(NC(C)c2cccc(Cl)c2)cc1. The minimum absolute atomic E-state index is 0.0839. The van der Waals surface area contributed by atoms with E-state index in [1.54, 1.807) is 19.2 Å². The summed E-state index contributed by atoms with van der Waals surface area (Å²) in [6.45, 7) is 2.07. The Morgan fingerprint density at radius 3 is 2.45 bits per heavy atom. The van der Waals surface area contributed by atoms with Crippen LogP contribution in [-0.4, -0.2) is 13.0 Å². The summed E-state index contributed by atoms with van der Waals surface area (Å²) in [7, 11) is 1.62. The second kappa shape index (κ2) is 6.44. The molecule has 0 aliphatic carbocycles. The first-order chi connectivity index (χ1) is 9.60. The van der Waals surface area contributed by atoms with E-state index in [1.165, 1.54) is 0 Å². The van der Waals surface area contributed by atoms with Crippen LogP contribution in [-0.2, 0) is 0 Å². The van der Waals surface area contributed by atoms with Crippen LogP contribution in [0.3, 0.4) is 0 Å². The Kier molecular flexibility index (Phi) is 4.64. The van der Waals surface area contributed by atoms with Crippen molar-refractivity contribution >= 4 is 23.2 Å². The van der Waals surface area contributed by atoms with E-state index in [-0.39, 0.29) is 11.9 Å². The third-order valence-electron chi connectivity index (χ3n) is 3.11. The van der Waals surface area contributed by atoms with Gasteiger partial charge < -0.3 is 10.6 Å². The molecule has 2 N–H and O–H groups in total. The molecule has 0 aliphatic rings. The molecule has 0 saturated heterocycles. The van der Waals surface area contributed by atoms with Gasteiger partial charge in [-0.3, -0.25) is 4.79 Å². The van der Waals surface area contributed by atoms with Gasteiger partial charge in [-0.25, -0.2) is 0 Å². The topological polar surface area (TPSA) is 41.1 Å². The standard InChI is InChI=1S/C16H17ClN2O/c1-11(13-4-3-5-14(17)10-13)19-15-8-6-12(7-9-15)16(20)18-2/h3-11,19H,1-2H3,(H,18,20). The highest BCUT2D eigenvalue weighted by atomic mass is 35.5. The van der Waals surface area contributed by atoms with Gasteiger partial charge in [0.05, 0.1) is 0 Å². The second-order valence-corrected chi connectivity index (χ2v) is 5.01. The van der Waals surface area contributed by atoms with E-state index in [1.807, 2.05) is 36.4 Å². The number of benzene rings is 2. The zero-order chi connectivity index (χ0) is 14.5. The molecule has 2 rings (SSSR count). The summed E-state index contributed by atoms with van der Waals surface area (Å²) < 4.78 is 0. The molecule has 0 saturated carbocycles. The average molecular weight is 289 g/mol. The molecule has 2 aromatic rings. The predicted molar refractivity (Wildman–Crippen MR) is 83.3 cm³/mol. The lowest BCUT2D eigenvalue weighted by Gasteiger charge is -2.16. The molecule has 0 fully saturated rings. The van der Waals surface area contributed by atoms with Crippen LogP contribution in [0, 0.1) is 0 Å². The molecule has 0 bridgehead atoms. The van der Waals surface area contributed by atoms with Crippen molar-refractivity contribution in [3.05, 3.63) is 64.7 Å². The number of carbonyl (C=O) groups is 1. The van der Waals surface area contributed by atoms with Crippen molar-refractivity contribution in [3.63, 3.8) is 0 Å². The quantitative estimate of drug-likeness (QED) is 0.896. The normalized spacial score (nSPS) is 11.8. The zero-order valence-electron chi connectivity index (χ0n) is 11.5. The Bertz CT molecular complexity index is 596. The van der Waals surface area contributed by atoms with Gasteiger partial charge in [0.25, 0.3) is 5.91 Å². The summed E-state index contributed by atoms with van der Waals surface area (Å²) in [4.78, 5) is 11.5. The number of hydrogen-bond donors (Lipinski definition) is 2. The van der Waals surface area contributed by atoms with E-state index in [9.17, 15) is 4.79 Å². The van der Waals surface area contributed by atoms with Crippen molar-refractivity contribution in [1.29, 1.82) is 0 Å². The highest BCUT2D eigenvalue weighted by Crippen LogP contribution is 2.22. The minimum Gasteiger partial charge on any atom is -0.379 e. The molecular weight excluding hydrogens is 272 g/mol. The highest BCUT2D eigenvalue weighted by molar-refractivity contribution is 6.30. The molecule has 1 unspecified atom stereocenters. The van der Waals surface area contributed by atoms with Crippen LogP contribution in [0.1, 0.15) is 28.9 Å². The van der Waals surface area contributed by atoms with Crippen molar-refractivity contribution in [2.75, 3.05) is 12.4 Å². The fourth-order valence-electron chi connectivity index (χ4n) is 1.97. The van der Waals surface area contributed by atoms with Crippen LogP contribution in [0.25, 0.3) is 0 Å². The van der Waals surface area contributed by atoms with Crippen LogP contribution in [0.4, 0.5) is 5.69 Å². The van der Waals surface area contributed by atoms with Gasteiger partial charge in [0, 0.05) is 29.4 Å². The van der Waals surface area contributed by atoms with Gasteiger partial charge in [0.15, 0.2) is 0 Å². The molecule has 1 atom stereocenters. The van der Waals surface area contributed by atoms with Gasteiger partial charge in [-0.15, -0.1) is 0 Å². The Morgan fingerprint density at radius 1 is 1.15 bits per heavy atom. The maximum Gasteiger partial charge on any atom is 0.251 e. The summed E-state index contributed by atoms with van der Waals surface area (Å²) >= 11 is 5.99. The number of nitrogens with one attached hydrogen (secondary N) is 2. The van der Waals surface area contributed by atoms with Crippen molar-refractivity contribution in [2.45, 2.75) is 13.0 Å². The van der Waals surface area contributed by atoms with Gasteiger partial charge in [-0.05, 0) is 48.9 Å². The molecular formula is C16H17ClN2O. The van der Waals surface area contributed by atoms with Gasteiger partial charge >= 0.3 is 0 Å². The number of rotatable bonds is 4. The number of amides is 1. The van der Waals surface area contributed by atoms with Crippen LogP contribution >= 0.6 is 11.6 Å². The molecule has 0 radical (unpaired) electrons. The van der Waals surface area contributed by atoms with E-state index in [0.29, 0.717) is 5.56 Å². The van der Waals surface area contributed by atoms with E-state index in [0.717, 1.165) is 16.3 Å². The fourth-order valence-corrected chi connectivity index (χ4v) is 2.17. The Hall–Kier alpha value is -2.00. The molecule has 4 heteroatoms. The summed E-state index contributed by atoms with van der Waals surface area (Å²) in [5, 5.41) is 6.71. The Morgan fingerprint density at radius 2 is 1.85 bits per heavy atom. The maximum absolute atomic E-state index is 11.5. The van der Waals surface area contributed by atoms with Crippen LogP contribution in [0.5, 0.6) is 0 Å². The Labute approximate surface area is 124 Å². The smallest absolute Gasteiger partial charge is 0.251 e. The maximum atomic E-state index is 11.5. The van der Waals surface area contributed by atoms with Gasteiger partial charge in [0.1, 0.15) is 0 Å². The highest BCUT2D eigenvalue weighted by Gasteiger charge is 2.07. The fraction of sp³-hybridized carbons (Fsp3) is 0.188. The predicted octanol–water partition coefficient (Wildman–Crippen LogP) is 3.87. The van der Waals surface area contributed by atoms with Crippen LogP contribution in [0.15, 0.2) is 48.5 Å². The zero-order valence-corrected chi connectivity index (χ0v) is 12.2. The molecule has 0 aromatic heterocycles.